The molecule has 30 heavy (non-hydrogen) atoms. The molecule has 0 radical (unpaired) electrons. The SMILES string of the molecule is CN(Cc1cccc(N)c1)c1cc2c(cc1F)C(=O)N(C1CCC(=O)NC1=O)C2=O. The maximum absolute atomic E-state index is 14.8. The summed E-state index contributed by atoms with van der Waals surface area (Å²) in [5.41, 5.74) is 7.29. The molecule has 1 saturated heterocycles. The van der Waals surface area contributed by atoms with Crippen LogP contribution in [0, 0.1) is 5.82 Å². The quantitative estimate of drug-likeness (QED) is 0.583. The number of nitrogen functional groups attached to an aromatic ring is 1. The topological polar surface area (TPSA) is 113 Å². The van der Waals surface area contributed by atoms with E-state index in [1.54, 1.807) is 30.1 Å². The largest absolute Gasteiger partial charge is 0.399 e. The van der Waals surface area contributed by atoms with Gasteiger partial charge in [0.05, 0.1) is 16.8 Å². The van der Waals surface area contributed by atoms with E-state index in [0.29, 0.717) is 12.2 Å². The Morgan fingerprint density at radius 2 is 1.83 bits per heavy atom. The van der Waals surface area contributed by atoms with Gasteiger partial charge >= 0.3 is 0 Å². The predicted molar refractivity (Wildman–Crippen MR) is 106 cm³/mol. The fourth-order valence-electron chi connectivity index (χ4n) is 3.82. The second kappa shape index (κ2) is 7.25. The summed E-state index contributed by atoms with van der Waals surface area (Å²) >= 11 is 0. The number of amides is 4. The Balaban J connectivity index is 1.63. The van der Waals surface area contributed by atoms with Crippen LogP contribution in [-0.4, -0.2) is 41.6 Å². The number of anilines is 2. The maximum atomic E-state index is 14.8. The predicted octanol–water partition coefficient (Wildman–Crippen LogP) is 1.45. The Bertz CT molecular complexity index is 1100. The van der Waals surface area contributed by atoms with E-state index in [4.69, 9.17) is 5.73 Å². The number of hydrogen-bond acceptors (Lipinski definition) is 6. The summed E-state index contributed by atoms with van der Waals surface area (Å²) in [5.74, 6) is -3.24. The van der Waals surface area contributed by atoms with Crippen LogP contribution in [0.15, 0.2) is 36.4 Å². The van der Waals surface area contributed by atoms with Crippen molar-refractivity contribution in [3.8, 4) is 0 Å². The zero-order chi connectivity index (χ0) is 21.6. The van der Waals surface area contributed by atoms with Crippen LogP contribution in [0.3, 0.4) is 0 Å². The monoisotopic (exact) mass is 410 g/mol. The molecule has 2 heterocycles. The highest BCUT2D eigenvalue weighted by atomic mass is 19.1. The smallest absolute Gasteiger partial charge is 0.262 e. The van der Waals surface area contributed by atoms with E-state index in [1.807, 2.05) is 6.07 Å². The molecule has 2 aromatic rings. The number of nitrogens with one attached hydrogen (secondary N) is 1. The van der Waals surface area contributed by atoms with Gasteiger partial charge in [0.25, 0.3) is 11.8 Å². The normalized spacial score (nSPS) is 18.5. The number of carbonyl (C=O) groups is 4. The summed E-state index contributed by atoms with van der Waals surface area (Å²) in [6, 6.07) is 8.39. The first-order valence-electron chi connectivity index (χ1n) is 9.37. The van der Waals surface area contributed by atoms with Gasteiger partial charge in [0, 0.05) is 25.7 Å². The second-order valence-corrected chi connectivity index (χ2v) is 7.40. The minimum Gasteiger partial charge on any atom is -0.399 e. The fraction of sp³-hybridized carbons (Fsp3) is 0.238. The Morgan fingerprint density at radius 1 is 1.13 bits per heavy atom. The highest BCUT2D eigenvalue weighted by molar-refractivity contribution is 6.23. The van der Waals surface area contributed by atoms with Crippen molar-refractivity contribution in [2.45, 2.75) is 25.4 Å². The van der Waals surface area contributed by atoms with Crippen LogP contribution in [0.4, 0.5) is 15.8 Å². The third-order valence-electron chi connectivity index (χ3n) is 5.29. The van der Waals surface area contributed by atoms with Crippen molar-refractivity contribution >= 4 is 35.0 Å². The van der Waals surface area contributed by atoms with Gasteiger partial charge in [-0.15, -0.1) is 0 Å². The van der Waals surface area contributed by atoms with Crippen LogP contribution in [0.5, 0.6) is 0 Å². The average molecular weight is 410 g/mol. The van der Waals surface area contributed by atoms with Gasteiger partial charge in [-0.3, -0.25) is 29.4 Å². The lowest BCUT2D eigenvalue weighted by atomic mass is 10.0. The zero-order valence-electron chi connectivity index (χ0n) is 16.1. The van der Waals surface area contributed by atoms with Crippen LogP contribution in [0.25, 0.3) is 0 Å². The molecular formula is C21H19FN4O4. The Labute approximate surface area is 171 Å². The van der Waals surface area contributed by atoms with Crippen LogP contribution in [0.2, 0.25) is 0 Å². The number of benzene rings is 2. The highest BCUT2D eigenvalue weighted by Crippen LogP contribution is 2.32. The molecule has 1 fully saturated rings. The summed E-state index contributed by atoms with van der Waals surface area (Å²) in [5, 5.41) is 2.13. The number of halogens is 1. The van der Waals surface area contributed by atoms with E-state index in [-0.39, 0.29) is 29.7 Å². The van der Waals surface area contributed by atoms with E-state index in [9.17, 15) is 23.6 Å². The lowest BCUT2D eigenvalue weighted by Gasteiger charge is -2.27. The number of nitrogens with zero attached hydrogens (tertiary/aromatic N) is 2. The molecule has 2 aliphatic heterocycles. The van der Waals surface area contributed by atoms with E-state index in [1.165, 1.54) is 6.07 Å². The summed E-state index contributed by atoms with van der Waals surface area (Å²) in [4.78, 5) is 51.6. The standard InChI is InChI=1S/C21H19FN4O4/c1-25(10-11-3-2-4-12(23)7-11)17-9-14-13(8-15(17)22)20(29)26(21(14)30)16-5-6-18(27)24-19(16)28/h2-4,7-9,16H,5-6,10,23H2,1H3,(H,24,27,28). The third-order valence-corrected chi connectivity index (χ3v) is 5.29. The van der Waals surface area contributed by atoms with Crippen molar-refractivity contribution in [2.24, 2.45) is 0 Å². The van der Waals surface area contributed by atoms with E-state index in [2.05, 4.69) is 5.32 Å². The van der Waals surface area contributed by atoms with Crippen molar-refractivity contribution in [2.75, 3.05) is 17.7 Å². The molecule has 1 atom stereocenters. The van der Waals surface area contributed by atoms with Gasteiger partial charge in [0.15, 0.2) is 0 Å². The summed E-state index contributed by atoms with van der Waals surface area (Å²) in [6.45, 7) is 0.333. The summed E-state index contributed by atoms with van der Waals surface area (Å²) in [6.07, 6.45) is 0.0627. The molecule has 154 valence electrons. The van der Waals surface area contributed by atoms with Gasteiger partial charge in [-0.05, 0) is 36.2 Å². The van der Waals surface area contributed by atoms with Gasteiger partial charge in [0.1, 0.15) is 11.9 Å². The summed E-state index contributed by atoms with van der Waals surface area (Å²) < 4.78 is 14.8. The molecule has 0 spiro atoms. The van der Waals surface area contributed by atoms with Crippen molar-refractivity contribution in [1.82, 2.24) is 10.2 Å². The molecule has 8 nitrogen and oxygen atoms in total. The molecule has 3 N–H and O–H groups in total. The highest BCUT2D eigenvalue weighted by Gasteiger charge is 2.45. The lowest BCUT2D eigenvalue weighted by molar-refractivity contribution is -0.136. The molecule has 0 aromatic heterocycles. The number of rotatable bonds is 4. The van der Waals surface area contributed by atoms with Crippen LogP contribution < -0.4 is 16.0 Å². The number of nitrogens with two attached hydrogens (primary N) is 1. The number of imide groups is 2. The fourth-order valence-corrected chi connectivity index (χ4v) is 3.82. The van der Waals surface area contributed by atoms with Crippen LogP contribution in [-0.2, 0) is 16.1 Å². The zero-order valence-corrected chi connectivity index (χ0v) is 16.1. The van der Waals surface area contributed by atoms with Crippen molar-refractivity contribution in [3.05, 3.63) is 58.9 Å². The molecule has 4 amide bonds. The minimum atomic E-state index is -1.09. The van der Waals surface area contributed by atoms with E-state index in [0.717, 1.165) is 16.5 Å². The molecule has 0 aliphatic carbocycles. The first-order chi connectivity index (χ1) is 14.3. The first kappa shape index (κ1) is 19.6. The van der Waals surface area contributed by atoms with Gasteiger partial charge in [-0.1, -0.05) is 12.1 Å². The molecule has 0 saturated carbocycles. The number of carbonyl (C=O) groups excluding carboxylic acids is 4. The van der Waals surface area contributed by atoms with Gasteiger partial charge in [-0.25, -0.2) is 4.39 Å². The van der Waals surface area contributed by atoms with Crippen molar-refractivity contribution in [3.63, 3.8) is 0 Å². The minimum absolute atomic E-state index is 0.0202. The van der Waals surface area contributed by atoms with Crippen molar-refractivity contribution < 1.29 is 23.6 Å². The lowest BCUT2D eigenvalue weighted by Crippen LogP contribution is -2.54. The molecular weight excluding hydrogens is 391 g/mol. The Hall–Kier alpha value is -3.75. The molecule has 0 bridgehead atoms. The molecule has 9 heteroatoms. The number of hydrogen-bond donors (Lipinski definition) is 2. The van der Waals surface area contributed by atoms with E-state index >= 15 is 0 Å². The van der Waals surface area contributed by atoms with E-state index < -0.39 is 35.5 Å². The van der Waals surface area contributed by atoms with Crippen molar-refractivity contribution in [1.29, 1.82) is 0 Å². The first-order valence-corrected chi connectivity index (χ1v) is 9.37. The van der Waals surface area contributed by atoms with Crippen LogP contribution >= 0.6 is 0 Å². The maximum Gasteiger partial charge on any atom is 0.262 e. The molecule has 4 rings (SSSR count). The summed E-state index contributed by atoms with van der Waals surface area (Å²) in [7, 11) is 1.66. The number of fused-ring (bicyclic) bond motifs is 1. The second-order valence-electron chi connectivity index (χ2n) is 7.40. The average Bonchev–Trinajstić information content (AvgIpc) is 2.91. The van der Waals surface area contributed by atoms with Gasteiger partial charge in [0.2, 0.25) is 11.8 Å². The van der Waals surface area contributed by atoms with Gasteiger partial charge < -0.3 is 10.6 Å². The van der Waals surface area contributed by atoms with Gasteiger partial charge in [-0.2, -0.15) is 0 Å². The Kier molecular flexibility index (Phi) is 4.73. The Morgan fingerprint density at radius 3 is 2.50 bits per heavy atom. The number of piperidine rings is 1. The molecule has 1 unspecified atom stereocenters. The van der Waals surface area contributed by atoms with Crippen LogP contribution in [0.1, 0.15) is 39.1 Å². The third kappa shape index (κ3) is 3.28. The molecule has 2 aliphatic rings. The molecule has 2 aromatic carbocycles.